The van der Waals surface area contributed by atoms with Gasteiger partial charge in [0.2, 0.25) is 5.91 Å². The average Bonchev–Trinajstić information content (AvgIpc) is 3.19. The third-order valence-electron chi connectivity index (χ3n) is 3.79. The van der Waals surface area contributed by atoms with E-state index >= 15 is 0 Å². The zero-order valence-electron chi connectivity index (χ0n) is 14.1. The summed E-state index contributed by atoms with van der Waals surface area (Å²) in [7, 11) is 0. The smallest absolute Gasteiger partial charge is 0.269 e. The second kappa shape index (κ2) is 8.05. The van der Waals surface area contributed by atoms with Gasteiger partial charge in [0.05, 0.1) is 16.9 Å². The van der Waals surface area contributed by atoms with Crippen molar-refractivity contribution in [3.8, 4) is 5.69 Å². The number of amides is 1. The van der Waals surface area contributed by atoms with Gasteiger partial charge < -0.3 is 9.88 Å². The first-order valence-corrected chi connectivity index (χ1v) is 8.00. The summed E-state index contributed by atoms with van der Waals surface area (Å²) in [4.78, 5) is 25.9. The molecule has 27 heavy (non-hydrogen) atoms. The van der Waals surface area contributed by atoms with E-state index in [1.54, 1.807) is 47.3 Å². The number of hydrogen-bond donors (Lipinski definition) is 1. The zero-order chi connectivity index (χ0) is 19.2. The SMILES string of the molecule is O=C(C=Cc1ccc([N+](=O)[O-])cc1)NCc1ccc(-n2ccnc2)c(F)c1. The molecule has 0 fully saturated rings. The summed E-state index contributed by atoms with van der Waals surface area (Å²) in [5, 5.41) is 13.3. The van der Waals surface area contributed by atoms with E-state index in [2.05, 4.69) is 10.3 Å². The van der Waals surface area contributed by atoms with Crippen LogP contribution < -0.4 is 5.32 Å². The maximum Gasteiger partial charge on any atom is 0.269 e. The second-order valence-electron chi connectivity index (χ2n) is 5.66. The number of non-ortho nitro benzene ring substituents is 1. The van der Waals surface area contributed by atoms with E-state index in [0.29, 0.717) is 16.8 Å². The van der Waals surface area contributed by atoms with Crippen LogP contribution in [0.3, 0.4) is 0 Å². The molecule has 2 aromatic carbocycles. The van der Waals surface area contributed by atoms with Gasteiger partial charge in [-0.25, -0.2) is 9.37 Å². The lowest BCUT2D eigenvalue weighted by Crippen LogP contribution is -2.20. The molecule has 1 amide bonds. The number of benzene rings is 2. The van der Waals surface area contributed by atoms with Crippen LogP contribution >= 0.6 is 0 Å². The van der Waals surface area contributed by atoms with Gasteiger partial charge in [-0.2, -0.15) is 0 Å². The lowest BCUT2D eigenvalue weighted by atomic mass is 10.2. The van der Waals surface area contributed by atoms with E-state index in [1.165, 1.54) is 30.6 Å². The Bertz CT molecular complexity index is 983. The van der Waals surface area contributed by atoms with E-state index in [9.17, 15) is 19.3 Å². The molecule has 1 heterocycles. The van der Waals surface area contributed by atoms with Crippen LogP contribution in [-0.4, -0.2) is 20.4 Å². The molecule has 0 saturated heterocycles. The maximum atomic E-state index is 14.2. The van der Waals surface area contributed by atoms with Crippen LogP contribution in [0.15, 0.2) is 67.3 Å². The topological polar surface area (TPSA) is 90.1 Å². The molecule has 0 atom stereocenters. The number of hydrogen-bond acceptors (Lipinski definition) is 4. The number of aromatic nitrogens is 2. The fraction of sp³-hybridized carbons (Fsp3) is 0.0526. The number of carbonyl (C=O) groups excluding carboxylic acids is 1. The van der Waals surface area contributed by atoms with Gasteiger partial charge in [-0.1, -0.05) is 6.07 Å². The second-order valence-corrected chi connectivity index (χ2v) is 5.66. The Hall–Kier alpha value is -3.81. The summed E-state index contributed by atoms with van der Waals surface area (Å²) in [5.41, 5.74) is 1.64. The fourth-order valence-electron chi connectivity index (χ4n) is 2.40. The average molecular weight is 366 g/mol. The molecule has 3 aromatic rings. The number of imidazole rings is 1. The normalized spacial score (nSPS) is 10.9. The molecule has 3 rings (SSSR count). The van der Waals surface area contributed by atoms with Crippen LogP contribution in [0.1, 0.15) is 11.1 Å². The van der Waals surface area contributed by atoms with E-state index in [4.69, 9.17) is 0 Å². The molecule has 1 aromatic heterocycles. The fourth-order valence-corrected chi connectivity index (χ4v) is 2.40. The van der Waals surface area contributed by atoms with Gasteiger partial charge in [-0.15, -0.1) is 0 Å². The number of nitro groups is 1. The minimum absolute atomic E-state index is 0.0160. The highest BCUT2D eigenvalue weighted by molar-refractivity contribution is 5.91. The number of carbonyl (C=O) groups is 1. The molecule has 0 unspecified atom stereocenters. The van der Waals surface area contributed by atoms with Crippen molar-refractivity contribution in [2.75, 3.05) is 0 Å². The molecule has 0 aliphatic carbocycles. The summed E-state index contributed by atoms with van der Waals surface area (Å²) in [6, 6.07) is 10.5. The predicted octanol–water partition coefficient (Wildman–Crippen LogP) is 3.25. The number of nitro benzene ring substituents is 1. The Labute approximate surface area is 153 Å². The highest BCUT2D eigenvalue weighted by Crippen LogP contribution is 2.15. The van der Waals surface area contributed by atoms with Crippen molar-refractivity contribution in [2.24, 2.45) is 0 Å². The van der Waals surface area contributed by atoms with Crippen LogP contribution in [0.2, 0.25) is 0 Å². The number of halogens is 1. The van der Waals surface area contributed by atoms with Crippen LogP contribution in [-0.2, 0) is 11.3 Å². The molecule has 1 N–H and O–H groups in total. The number of nitrogens with one attached hydrogen (secondary N) is 1. The monoisotopic (exact) mass is 366 g/mol. The highest BCUT2D eigenvalue weighted by atomic mass is 19.1. The molecule has 7 nitrogen and oxygen atoms in total. The van der Waals surface area contributed by atoms with Gasteiger partial charge in [0.1, 0.15) is 5.82 Å². The van der Waals surface area contributed by atoms with E-state index in [-0.39, 0.29) is 18.1 Å². The van der Waals surface area contributed by atoms with Crippen molar-refractivity contribution < 1.29 is 14.1 Å². The quantitative estimate of drug-likeness (QED) is 0.412. The standard InChI is InChI=1S/C19H15FN4O3/c20-17-11-15(3-7-18(17)23-10-9-21-13-23)12-22-19(25)8-4-14-1-5-16(6-2-14)24(26)27/h1-11,13H,12H2,(H,22,25). The molecule has 0 saturated carbocycles. The third kappa shape index (κ3) is 4.63. The van der Waals surface area contributed by atoms with Crippen LogP contribution in [0.5, 0.6) is 0 Å². The van der Waals surface area contributed by atoms with Crippen molar-refractivity contribution in [1.82, 2.24) is 14.9 Å². The number of nitrogens with zero attached hydrogens (tertiary/aromatic N) is 3. The molecule has 0 bridgehead atoms. The third-order valence-corrected chi connectivity index (χ3v) is 3.79. The van der Waals surface area contributed by atoms with Crippen molar-refractivity contribution in [3.05, 3.63) is 94.3 Å². The summed E-state index contributed by atoms with van der Waals surface area (Å²) >= 11 is 0. The van der Waals surface area contributed by atoms with Gasteiger partial charge in [-0.3, -0.25) is 14.9 Å². The van der Waals surface area contributed by atoms with Gasteiger partial charge in [0, 0.05) is 37.1 Å². The van der Waals surface area contributed by atoms with Gasteiger partial charge in [0.25, 0.3) is 5.69 Å². The molecule has 136 valence electrons. The molecule has 0 aliphatic rings. The Kier molecular flexibility index (Phi) is 5.36. The van der Waals surface area contributed by atoms with Crippen molar-refractivity contribution in [3.63, 3.8) is 0 Å². The summed E-state index contributed by atoms with van der Waals surface area (Å²) in [6.45, 7) is 0.171. The molecule has 8 heteroatoms. The van der Waals surface area contributed by atoms with E-state index in [1.807, 2.05) is 0 Å². The van der Waals surface area contributed by atoms with Gasteiger partial charge in [0.15, 0.2) is 0 Å². The minimum atomic E-state index is -0.489. The van der Waals surface area contributed by atoms with E-state index in [0.717, 1.165) is 0 Å². The molecule has 0 spiro atoms. The predicted molar refractivity (Wildman–Crippen MR) is 97.5 cm³/mol. The maximum absolute atomic E-state index is 14.2. The molecular formula is C19H15FN4O3. The Morgan fingerprint density at radius 3 is 2.67 bits per heavy atom. The van der Waals surface area contributed by atoms with Crippen LogP contribution in [0, 0.1) is 15.9 Å². The Balaban J connectivity index is 1.57. The first-order chi connectivity index (χ1) is 13.0. The lowest BCUT2D eigenvalue weighted by Gasteiger charge is -2.07. The molecular weight excluding hydrogens is 351 g/mol. The van der Waals surface area contributed by atoms with Crippen molar-refractivity contribution in [1.29, 1.82) is 0 Å². The van der Waals surface area contributed by atoms with Crippen molar-refractivity contribution in [2.45, 2.75) is 6.54 Å². The Morgan fingerprint density at radius 2 is 2.04 bits per heavy atom. The van der Waals surface area contributed by atoms with E-state index < -0.39 is 10.7 Å². The first-order valence-electron chi connectivity index (χ1n) is 8.00. The Morgan fingerprint density at radius 1 is 1.26 bits per heavy atom. The minimum Gasteiger partial charge on any atom is -0.348 e. The lowest BCUT2D eigenvalue weighted by molar-refractivity contribution is -0.384. The number of rotatable bonds is 6. The van der Waals surface area contributed by atoms with Crippen LogP contribution in [0.4, 0.5) is 10.1 Å². The first kappa shape index (κ1) is 18.0. The van der Waals surface area contributed by atoms with Crippen molar-refractivity contribution >= 4 is 17.7 Å². The van der Waals surface area contributed by atoms with Gasteiger partial charge in [-0.05, 0) is 41.5 Å². The van der Waals surface area contributed by atoms with Gasteiger partial charge >= 0.3 is 0 Å². The summed E-state index contributed by atoms with van der Waals surface area (Å²) in [6.07, 6.45) is 7.57. The largest absolute Gasteiger partial charge is 0.348 e. The summed E-state index contributed by atoms with van der Waals surface area (Å²) < 4.78 is 15.7. The highest BCUT2D eigenvalue weighted by Gasteiger charge is 2.06. The van der Waals surface area contributed by atoms with Crippen LogP contribution in [0.25, 0.3) is 11.8 Å². The molecule has 0 aliphatic heterocycles. The molecule has 0 radical (unpaired) electrons. The zero-order valence-corrected chi connectivity index (χ0v) is 14.1. The summed E-state index contributed by atoms with van der Waals surface area (Å²) in [5.74, 6) is -0.770.